The fourth-order valence-electron chi connectivity index (χ4n) is 5.76. The summed E-state index contributed by atoms with van der Waals surface area (Å²) in [5, 5.41) is 10.5. The van der Waals surface area contributed by atoms with Crippen LogP contribution >= 0.6 is 11.8 Å². The number of hydrogen-bond acceptors (Lipinski definition) is 6. The summed E-state index contributed by atoms with van der Waals surface area (Å²) in [7, 11) is 0. The number of amides is 3. The van der Waals surface area contributed by atoms with Gasteiger partial charge in [0.15, 0.2) is 0 Å². The number of rotatable bonds is 7. The van der Waals surface area contributed by atoms with Crippen LogP contribution in [-0.2, 0) is 33.8 Å². The largest absolute Gasteiger partial charge is 0.325 e. The van der Waals surface area contributed by atoms with Crippen LogP contribution < -0.4 is 4.90 Å². The van der Waals surface area contributed by atoms with E-state index >= 15 is 0 Å². The smallest absolute Gasteiger partial charge is 0.257 e. The molecular weight excluding hydrogens is 544 g/mol. The molecule has 1 aliphatic carbocycles. The number of aromatic nitrogens is 1. The second kappa shape index (κ2) is 12.1. The molecule has 1 aliphatic heterocycles. The molecule has 3 aromatic rings. The van der Waals surface area contributed by atoms with Crippen molar-refractivity contribution in [3.8, 4) is 6.07 Å². The van der Waals surface area contributed by atoms with Crippen LogP contribution in [0, 0.1) is 29.6 Å². The Bertz CT molecular complexity index is 1540. The quantitative estimate of drug-likeness (QED) is 0.256. The number of thioether (sulfide) groups is 1. The first kappa shape index (κ1) is 29.5. The van der Waals surface area contributed by atoms with Crippen molar-refractivity contribution in [2.45, 2.75) is 71.0 Å². The molecule has 216 valence electrons. The van der Waals surface area contributed by atoms with Gasteiger partial charge in [-0.15, -0.1) is 0 Å². The number of carbonyl (C=O) groups excluding carboxylic acids is 3. The van der Waals surface area contributed by atoms with Crippen molar-refractivity contribution in [2.24, 2.45) is 11.3 Å². The van der Waals surface area contributed by atoms with E-state index < -0.39 is 11.9 Å². The van der Waals surface area contributed by atoms with Gasteiger partial charge in [0.1, 0.15) is 17.1 Å². The number of benzene rings is 2. The van der Waals surface area contributed by atoms with Gasteiger partial charge in [-0.25, -0.2) is 9.88 Å². The van der Waals surface area contributed by atoms with E-state index in [9.17, 15) is 19.6 Å². The first-order chi connectivity index (χ1) is 20.0. The fraction of sp³-hybridized carbons (Fsp3) is 0.382. The minimum absolute atomic E-state index is 0.000415. The summed E-state index contributed by atoms with van der Waals surface area (Å²) in [5.74, 6) is -0.492. The van der Waals surface area contributed by atoms with Gasteiger partial charge in [0.25, 0.3) is 5.91 Å². The monoisotopic (exact) mass is 580 g/mol. The van der Waals surface area contributed by atoms with Gasteiger partial charge in [-0.3, -0.25) is 14.4 Å². The lowest BCUT2D eigenvalue weighted by Crippen LogP contribution is -2.45. The molecule has 2 atom stereocenters. The van der Waals surface area contributed by atoms with Crippen LogP contribution in [0.3, 0.4) is 0 Å². The van der Waals surface area contributed by atoms with Gasteiger partial charge in [0.2, 0.25) is 11.8 Å². The maximum Gasteiger partial charge on any atom is 0.257 e. The molecular formula is C34H36N4O3S. The van der Waals surface area contributed by atoms with E-state index in [0.717, 1.165) is 41.6 Å². The first-order valence-corrected chi connectivity index (χ1v) is 15.4. The van der Waals surface area contributed by atoms with E-state index in [1.807, 2.05) is 55.5 Å². The third-order valence-electron chi connectivity index (χ3n) is 8.34. The molecule has 2 aromatic carbocycles. The Hall–Kier alpha value is -3.96. The van der Waals surface area contributed by atoms with Crippen LogP contribution in [0.25, 0.3) is 0 Å². The van der Waals surface area contributed by atoms with E-state index in [4.69, 9.17) is 4.98 Å². The Labute approximate surface area is 251 Å². The van der Waals surface area contributed by atoms with Crippen molar-refractivity contribution >= 4 is 35.2 Å². The molecule has 3 amide bonds. The average molecular weight is 581 g/mol. The van der Waals surface area contributed by atoms with Crippen molar-refractivity contribution < 1.29 is 14.4 Å². The van der Waals surface area contributed by atoms with Crippen LogP contribution in [0.1, 0.15) is 61.6 Å². The van der Waals surface area contributed by atoms with Crippen LogP contribution in [0.4, 0.5) is 5.69 Å². The van der Waals surface area contributed by atoms with Crippen molar-refractivity contribution in [2.75, 3.05) is 10.7 Å². The summed E-state index contributed by atoms with van der Waals surface area (Å²) in [6.45, 7) is 8.89. The van der Waals surface area contributed by atoms with E-state index in [0.29, 0.717) is 22.2 Å². The third-order valence-corrected chi connectivity index (χ3v) is 9.31. The molecule has 1 fully saturated rings. The molecule has 0 N–H and O–H groups in total. The second-order valence-corrected chi connectivity index (χ2v) is 13.2. The number of nitrogens with zero attached hydrogens (tertiary/aromatic N) is 4. The SMILES string of the molecule is Cc1ccc(N2C(=O)CC(N(Cc3ccccc3)C(=O)CSc3nc4c(cc3C#N)CC(C(C)(C)C)CC4)C2=O)cc1. The third kappa shape index (κ3) is 6.27. The van der Waals surface area contributed by atoms with Crippen molar-refractivity contribution in [3.05, 3.63) is 88.6 Å². The summed E-state index contributed by atoms with van der Waals surface area (Å²) in [6.07, 6.45) is 2.70. The highest BCUT2D eigenvalue weighted by Gasteiger charge is 2.44. The van der Waals surface area contributed by atoms with Crippen LogP contribution in [0.15, 0.2) is 65.7 Å². The molecule has 2 aliphatic rings. The predicted octanol–water partition coefficient (Wildman–Crippen LogP) is 5.87. The van der Waals surface area contributed by atoms with Gasteiger partial charge < -0.3 is 4.90 Å². The highest BCUT2D eigenvalue weighted by atomic mass is 32.2. The Balaban J connectivity index is 1.37. The van der Waals surface area contributed by atoms with E-state index in [1.165, 1.54) is 21.6 Å². The molecule has 0 spiro atoms. The van der Waals surface area contributed by atoms with Crippen LogP contribution in [0.2, 0.25) is 0 Å². The number of aryl methyl sites for hydroxylation is 2. The van der Waals surface area contributed by atoms with Crippen LogP contribution in [0.5, 0.6) is 0 Å². The fourth-order valence-corrected chi connectivity index (χ4v) is 6.63. The lowest BCUT2D eigenvalue weighted by atomic mass is 9.71. The van der Waals surface area contributed by atoms with E-state index in [2.05, 4.69) is 26.8 Å². The molecule has 2 unspecified atom stereocenters. The summed E-state index contributed by atoms with van der Waals surface area (Å²) >= 11 is 1.22. The highest BCUT2D eigenvalue weighted by Crippen LogP contribution is 2.38. The number of nitriles is 1. The topological polar surface area (TPSA) is 94.4 Å². The Morgan fingerprint density at radius 3 is 2.48 bits per heavy atom. The number of hydrogen-bond donors (Lipinski definition) is 0. The normalized spacial score (nSPS) is 18.5. The number of imide groups is 1. The lowest BCUT2D eigenvalue weighted by Gasteiger charge is -2.34. The molecule has 1 aromatic heterocycles. The number of anilines is 1. The Kier molecular flexibility index (Phi) is 8.51. The standard InChI is InChI=1S/C34H36N4O3S/c1-22-10-13-27(14-11-22)38-30(39)18-29(33(38)41)37(20-23-8-6-5-7-9-23)31(40)21-42-32-25(19-35)16-24-17-26(34(2,3)4)12-15-28(24)36-32/h5-11,13-14,16,26,29H,12,15,17-18,20-21H2,1-4H3. The van der Waals surface area contributed by atoms with Gasteiger partial charge in [-0.2, -0.15) is 5.26 Å². The molecule has 0 radical (unpaired) electrons. The number of fused-ring (bicyclic) bond motifs is 1. The van der Waals surface area contributed by atoms with E-state index in [-0.39, 0.29) is 35.9 Å². The van der Waals surface area contributed by atoms with Crippen molar-refractivity contribution in [1.82, 2.24) is 9.88 Å². The first-order valence-electron chi connectivity index (χ1n) is 14.4. The minimum atomic E-state index is -0.909. The van der Waals surface area contributed by atoms with Crippen molar-refractivity contribution in [1.29, 1.82) is 5.26 Å². The Morgan fingerprint density at radius 1 is 1.10 bits per heavy atom. The summed E-state index contributed by atoms with van der Waals surface area (Å²) in [6, 6.07) is 20.0. The summed E-state index contributed by atoms with van der Waals surface area (Å²) in [4.78, 5) is 48.0. The Morgan fingerprint density at radius 2 is 1.81 bits per heavy atom. The number of pyridine rings is 1. The van der Waals surface area contributed by atoms with Gasteiger partial charge in [-0.05, 0) is 66.8 Å². The van der Waals surface area contributed by atoms with Crippen LogP contribution in [-0.4, -0.2) is 39.4 Å². The summed E-state index contributed by atoms with van der Waals surface area (Å²) in [5.41, 5.74) is 5.15. The summed E-state index contributed by atoms with van der Waals surface area (Å²) < 4.78 is 0. The van der Waals surface area contributed by atoms with Gasteiger partial charge in [0, 0.05) is 12.2 Å². The molecule has 0 saturated carbocycles. The average Bonchev–Trinajstić information content (AvgIpc) is 3.27. The zero-order valence-electron chi connectivity index (χ0n) is 24.6. The van der Waals surface area contributed by atoms with E-state index in [1.54, 1.807) is 12.1 Å². The zero-order valence-corrected chi connectivity index (χ0v) is 25.4. The highest BCUT2D eigenvalue weighted by molar-refractivity contribution is 8.00. The zero-order chi connectivity index (χ0) is 30.0. The molecule has 8 heteroatoms. The minimum Gasteiger partial charge on any atom is -0.325 e. The van der Waals surface area contributed by atoms with Crippen molar-refractivity contribution in [3.63, 3.8) is 0 Å². The molecule has 2 heterocycles. The maximum atomic E-state index is 13.8. The lowest BCUT2D eigenvalue weighted by molar-refractivity contribution is -0.136. The molecule has 42 heavy (non-hydrogen) atoms. The predicted molar refractivity (Wildman–Crippen MR) is 164 cm³/mol. The number of carbonyl (C=O) groups is 3. The van der Waals surface area contributed by atoms with Gasteiger partial charge in [-0.1, -0.05) is 80.6 Å². The van der Waals surface area contributed by atoms with Gasteiger partial charge in [0.05, 0.1) is 23.4 Å². The molecule has 0 bridgehead atoms. The molecule has 7 nitrogen and oxygen atoms in total. The maximum absolute atomic E-state index is 13.8. The molecule has 1 saturated heterocycles. The molecule has 5 rings (SSSR count). The van der Waals surface area contributed by atoms with Gasteiger partial charge >= 0.3 is 0 Å². The second-order valence-electron chi connectivity index (χ2n) is 12.3.